The normalized spacial score (nSPS) is 22.7. The fraction of sp³-hybridized carbons (Fsp3) is 0.647. The molecule has 2 aromatic heterocycles. The molecule has 2 aromatic rings. The van der Waals surface area contributed by atoms with E-state index in [0.29, 0.717) is 16.8 Å². The van der Waals surface area contributed by atoms with Crippen LogP contribution in [0.1, 0.15) is 36.6 Å². The highest BCUT2D eigenvalue weighted by Crippen LogP contribution is 2.50. The van der Waals surface area contributed by atoms with Gasteiger partial charge in [0.1, 0.15) is 4.83 Å². The highest BCUT2D eigenvalue weighted by Gasteiger charge is 2.57. The molecule has 4 rings (SSSR count). The predicted molar refractivity (Wildman–Crippen MR) is 96.9 cm³/mol. The summed E-state index contributed by atoms with van der Waals surface area (Å²) in [7, 11) is 1.74. The lowest BCUT2D eigenvalue weighted by Gasteiger charge is -2.16. The van der Waals surface area contributed by atoms with E-state index in [9.17, 15) is 18.4 Å². The van der Waals surface area contributed by atoms with Crippen molar-refractivity contribution >= 4 is 21.6 Å². The molecule has 142 valence electrons. The molecule has 2 N–H and O–H groups in total. The van der Waals surface area contributed by atoms with Crippen LogP contribution in [0.2, 0.25) is 0 Å². The molecule has 0 bridgehead atoms. The number of hydrogen-bond acceptors (Lipinski definition) is 5. The summed E-state index contributed by atoms with van der Waals surface area (Å²) in [5.41, 5.74) is 5.38. The first-order valence-electron chi connectivity index (χ1n) is 8.75. The van der Waals surface area contributed by atoms with Crippen LogP contribution >= 0.6 is 11.3 Å². The summed E-state index contributed by atoms with van der Waals surface area (Å²) in [5, 5.41) is 0.486. The Morgan fingerprint density at radius 2 is 1.96 bits per heavy atom. The third-order valence-electron chi connectivity index (χ3n) is 5.61. The van der Waals surface area contributed by atoms with Gasteiger partial charge in [-0.3, -0.25) is 24.8 Å². The van der Waals surface area contributed by atoms with Gasteiger partial charge in [-0.05, 0) is 39.3 Å². The quantitative estimate of drug-likeness (QED) is 0.747. The first kappa shape index (κ1) is 17.8. The van der Waals surface area contributed by atoms with E-state index >= 15 is 0 Å². The van der Waals surface area contributed by atoms with Crippen LogP contribution < -0.4 is 22.1 Å². The summed E-state index contributed by atoms with van der Waals surface area (Å²) < 4.78 is 29.7. The van der Waals surface area contributed by atoms with Crippen molar-refractivity contribution in [1.82, 2.24) is 20.0 Å². The molecule has 1 unspecified atom stereocenters. The van der Waals surface area contributed by atoms with Crippen molar-refractivity contribution in [2.75, 3.05) is 7.05 Å². The van der Waals surface area contributed by atoms with E-state index in [1.54, 1.807) is 7.05 Å². The number of nitrogens with one attached hydrogen (secondary N) is 2. The molecule has 2 aliphatic carbocycles. The summed E-state index contributed by atoms with van der Waals surface area (Å²) in [6.45, 7) is 4.18. The van der Waals surface area contributed by atoms with Crippen molar-refractivity contribution in [3.05, 3.63) is 31.3 Å². The zero-order valence-electron chi connectivity index (χ0n) is 15.0. The van der Waals surface area contributed by atoms with Gasteiger partial charge in [-0.25, -0.2) is 13.6 Å². The Labute approximate surface area is 152 Å². The van der Waals surface area contributed by atoms with E-state index in [1.807, 2.05) is 13.8 Å². The Balaban J connectivity index is 1.95. The van der Waals surface area contributed by atoms with E-state index < -0.39 is 23.1 Å². The van der Waals surface area contributed by atoms with Crippen molar-refractivity contribution in [1.29, 1.82) is 0 Å². The van der Waals surface area contributed by atoms with Crippen LogP contribution in [0.25, 0.3) is 10.2 Å². The van der Waals surface area contributed by atoms with Gasteiger partial charge >= 0.3 is 5.69 Å². The van der Waals surface area contributed by atoms with Crippen LogP contribution in [-0.2, 0) is 18.6 Å². The minimum atomic E-state index is -2.71. The second-order valence-electron chi connectivity index (χ2n) is 7.63. The average molecular weight is 384 g/mol. The van der Waals surface area contributed by atoms with Crippen molar-refractivity contribution in [3.63, 3.8) is 0 Å². The van der Waals surface area contributed by atoms with Crippen molar-refractivity contribution < 1.29 is 8.78 Å². The zero-order chi connectivity index (χ0) is 18.9. The number of aromatic nitrogens is 2. The van der Waals surface area contributed by atoms with Gasteiger partial charge in [0.05, 0.1) is 10.9 Å². The lowest BCUT2D eigenvalue weighted by atomic mass is 10.2. The smallest absolute Gasteiger partial charge is 0.284 e. The maximum absolute atomic E-state index is 13.5. The van der Waals surface area contributed by atoms with Gasteiger partial charge in [-0.15, -0.1) is 11.3 Å². The van der Waals surface area contributed by atoms with Gasteiger partial charge in [0, 0.05) is 30.3 Å². The fourth-order valence-electron chi connectivity index (χ4n) is 3.46. The predicted octanol–water partition coefficient (Wildman–Crippen LogP) is 1.92. The first-order chi connectivity index (χ1) is 12.2. The first-order valence-corrected chi connectivity index (χ1v) is 9.57. The van der Waals surface area contributed by atoms with Crippen molar-refractivity contribution in [3.8, 4) is 0 Å². The molecule has 9 heteroatoms. The molecule has 0 aromatic carbocycles. The lowest BCUT2D eigenvalue weighted by Crippen LogP contribution is -2.44. The Kier molecular flexibility index (Phi) is 3.91. The van der Waals surface area contributed by atoms with Gasteiger partial charge in [0.15, 0.2) is 0 Å². The summed E-state index contributed by atoms with van der Waals surface area (Å²) in [5.74, 6) is -3.54. The number of thiophene rings is 1. The highest BCUT2D eigenvalue weighted by molar-refractivity contribution is 7.18. The van der Waals surface area contributed by atoms with E-state index in [2.05, 4.69) is 10.9 Å². The average Bonchev–Trinajstić information content (AvgIpc) is 3.40. The molecule has 0 amide bonds. The second-order valence-corrected chi connectivity index (χ2v) is 8.71. The molecule has 2 aliphatic rings. The molecule has 0 radical (unpaired) electrons. The van der Waals surface area contributed by atoms with E-state index in [4.69, 9.17) is 0 Å². The molecule has 2 saturated carbocycles. The molecule has 26 heavy (non-hydrogen) atoms. The molecule has 1 atom stereocenters. The van der Waals surface area contributed by atoms with Crippen LogP contribution in [-0.4, -0.2) is 22.1 Å². The molecule has 6 nitrogen and oxygen atoms in total. The molecular weight excluding hydrogens is 362 g/mol. The third kappa shape index (κ3) is 2.64. The van der Waals surface area contributed by atoms with Gasteiger partial charge in [-0.2, -0.15) is 0 Å². The van der Waals surface area contributed by atoms with Crippen LogP contribution in [0, 0.1) is 12.8 Å². The highest BCUT2D eigenvalue weighted by atomic mass is 32.1. The minimum Gasteiger partial charge on any atom is -0.284 e. The van der Waals surface area contributed by atoms with Crippen molar-refractivity contribution in [2.45, 2.75) is 57.7 Å². The zero-order valence-corrected chi connectivity index (χ0v) is 15.8. The number of nitrogens with zero attached hydrogens (tertiary/aromatic N) is 2. The SMILES string of the molecule is CNNCc1sc2c(c1C)c(=O)n(C1(C)CC1)c(=O)n2CC1CC1(F)F. The Morgan fingerprint density at radius 3 is 2.50 bits per heavy atom. The van der Waals surface area contributed by atoms with E-state index in [0.717, 1.165) is 23.3 Å². The topological polar surface area (TPSA) is 68.1 Å². The standard InChI is InChI=1S/C17H22F2N4O2S/c1-9-11(7-21-20-3)26-14-12(9)13(24)23(16(2)4-5-16)15(25)22(14)8-10-6-17(10,18)19/h10,20-21H,4-8H2,1-3H3. The van der Waals surface area contributed by atoms with Crippen LogP contribution in [0.15, 0.2) is 9.59 Å². The van der Waals surface area contributed by atoms with Crippen molar-refractivity contribution in [2.24, 2.45) is 5.92 Å². The largest absolute Gasteiger partial charge is 0.332 e. The number of aryl methyl sites for hydroxylation is 1. The maximum atomic E-state index is 13.5. The number of fused-ring (bicyclic) bond motifs is 1. The fourth-order valence-corrected chi connectivity index (χ4v) is 4.70. The number of rotatable bonds is 6. The maximum Gasteiger partial charge on any atom is 0.332 e. The summed E-state index contributed by atoms with van der Waals surface area (Å²) >= 11 is 1.33. The van der Waals surface area contributed by atoms with E-state index in [-0.39, 0.29) is 18.5 Å². The molecule has 2 fully saturated rings. The molecule has 0 aliphatic heterocycles. The molecule has 0 spiro atoms. The lowest BCUT2D eigenvalue weighted by molar-refractivity contribution is 0.0950. The van der Waals surface area contributed by atoms with Gasteiger partial charge < -0.3 is 0 Å². The summed E-state index contributed by atoms with van der Waals surface area (Å²) in [4.78, 5) is 27.6. The monoisotopic (exact) mass is 384 g/mol. The Hall–Kier alpha value is -1.58. The number of hydrazine groups is 1. The van der Waals surface area contributed by atoms with Gasteiger partial charge in [-0.1, -0.05) is 0 Å². The molecule has 0 saturated heterocycles. The number of hydrogen-bond donors (Lipinski definition) is 2. The molecule has 2 heterocycles. The Bertz CT molecular complexity index is 1000. The minimum absolute atomic E-state index is 0.0441. The van der Waals surface area contributed by atoms with Crippen LogP contribution in [0.4, 0.5) is 8.78 Å². The van der Waals surface area contributed by atoms with Gasteiger partial charge in [0.2, 0.25) is 0 Å². The number of alkyl halides is 2. The molecular formula is C17H22F2N4O2S. The third-order valence-corrected chi connectivity index (χ3v) is 6.92. The van der Waals surface area contributed by atoms with E-state index in [1.165, 1.54) is 20.5 Å². The van der Waals surface area contributed by atoms with Crippen LogP contribution in [0.3, 0.4) is 0 Å². The Morgan fingerprint density at radius 1 is 1.31 bits per heavy atom. The summed E-state index contributed by atoms with van der Waals surface area (Å²) in [6, 6.07) is 0. The summed E-state index contributed by atoms with van der Waals surface area (Å²) in [6.07, 6.45) is 1.31. The van der Waals surface area contributed by atoms with Gasteiger partial charge in [0.25, 0.3) is 11.5 Å². The second kappa shape index (κ2) is 5.71. The van der Waals surface area contributed by atoms with Crippen LogP contribution in [0.5, 0.6) is 0 Å². The number of halogens is 2.